The number of hydrogen-bond acceptors (Lipinski definition) is 6. The summed E-state index contributed by atoms with van der Waals surface area (Å²) in [5.74, 6) is -4.12. The highest BCUT2D eigenvalue weighted by atomic mass is 16.6. The summed E-state index contributed by atoms with van der Waals surface area (Å²) in [7, 11) is 0. The van der Waals surface area contributed by atoms with Gasteiger partial charge in [-0.15, -0.1) is 0 Å². The number of carbonyl (C=O) groups is 3. The molecule has 18 heavy (non-hydrogen) atoms. The van der Waals surface area contributed by atoms with E-state index >= 15 is 0 Å². The molecule has 0 aliphatic heterocycles. The summed E-state index contributed by atoms with van der Waals surface area (Å²) >= 11 is 0. The van der Waals surface area contributed by atoms with Crippen molar-refractivity contribution in [3.63, 3.8) is 0 Å². The van der Waals surface area contributed by atoms with Crippen LogP contribution in [0, 0.1) is 5.92 Å². The lowest BCUT2D eigenvalue weighted by atomic mass is 10.00. The van der Waals surface area contributed by atoms with Crippen LogP contribution in [0.3, 0.4) is 0 Å². The molecule has 0 spiro atoms. The number of rotatable bonds is 6. The van der Waals surface area contributed by atoms with Crippen molar-refractivity contribution in [1.82, 2.24) is 0 Å². The summed E-state index contributed by atoms with van der Waals surface area (Å²) in [4.78, 5) is 35.2. The Morgan fingerprint density at radius 2 is 1.72 bits per heavy atom. The fraction of sp³-hybridized carbons (Fsp3) is 0.417. The van der Waals surface area contributed by atoms with Gasteiger partial charge in [-0.1, -0.05) is 0 Å². The van der Waals surface area contributed by atoms with Crippen LogP contribution in [0.15, 0.2) is 23.0 Å². The van der Waals surface area contributed by atoms with Crippen LogP contribution in [0.5, 0.6) is 0 Å². The zero-order valence-corrected chi connectivity index (χ0v) is 10.2. The average molecular weight is 254 g/mol. The third kappa shape index (κ3) is 3.19. The Morgan fingerprint density at radius 3 is 2.11 bits per heavy atom. The molecular formula is C12H14O6. The molecule has 1 aromatic rings. The molecule has 1 heterocycles. The van der Waals surface area contributed by atoms with Gasteiger partial charge in [0.05, 0.1) is 25.0 Å². The molecule has 0 aliphatic rings. The van der Waals surface area contributed by atoms with Gasteiger partial charge in [0.25, 0.3) is 0 Å². The fourth-order valence-corrected chi connectivity index (χ4v) is 1.33. The number of furan rings is 1. The van der Waals surface area contributed by atoms with E-state index < -0.39 is 23.6 Å². The van der Waals surface area contributed by atoms with E-state index in [4.69, 9.17) is 13.9 Å². The van der Waals surface area contributed by atoms with Crippen LogP contribution < -0.4 is 0 Å². The highest BCUT2D eigenvalue weighted by molar-refractivity contribution is 6.20. The van der Waals surface area contributed by atoms with Crippen LogP contribution in [-0.2, 0) is 19.1 Å². The molecule has 0 fully saturated rings. The lowest BCUT2D eigenvalue weighted by Crippen LogP contribution is -2.34. The smallest absolute Gasteiger partial charge is 0.328 e. The minimum Gasteiger partial charge on any atom is -0.472 e. The Kier molecular flexibility index (Phi) is 5.10. The van der Waals surface area contributed by atoms with E-state index in [1.165, 1.54) is 12.3 Å². The van der Waals surface area contributed by atoms with Crippen molar-refractivity contribution in [3.8, 4) is 0 Å². The van der Waals surface area contributed by atoms with Crippen LogP contribution in [-0.4, -0.2) is 30.9 Å². The van der Waals surface area contributed by atoms with E-state index in [0.29, 0.717) is 0 Å². The summed E-state index contributed by atoms with van der Waals surface area (Å²) in [6.07, 6.45) is 2.44. The topological polar surface area (TPSA) is 82.8 Å². The van der Waals surface area contributed by atoms with E-state index in [1.54, 1.807) is 13.8 Å². The van der Waals surface area contributed by atoms with Crippen LogP contribution in [0.25, 0.3) is 0 Å². The first-order valence-electron chi connectivity index (χ1n) is 5.51. The zero-order chi connectivity index (χ0) is 13.5. The maximum atomic E-state index is 12.0. The number of Topliss-reactive ketones (excluding diaryl/α,β-unsaturated/α-hetero) is 1. The van der Waals surface area contributed by atoms with Crippen molar-refractivity contribution in [2.24, 2.45) is 5.92 Å². The molecule has 0 aromatic carbocycles. The van der Waals surface area contributed by atoms with Gasteiger partial charge in [0.1, 0.15) is 6.26 Å². The molecule has 1 rings (SSSR count). The normalized spacial score (nSPS) is 10.2. The second-order valence-corrected chi connectivity index (χ2v) is 3.31. The summed E-state index contributed by atoms with van der Waals surface area (Å²) in [5.41, 5.74) is 0.126. The van der Waals surface area contributed by atoms with E-state index in [1.807, 2.05) is 0 Å². The molecule has 98 valence electrons. The molecule has 6 nitrogen and oxygen atoms in total. The molecule has 0 atom stereocenters. The molecule has 0 N–H and O–H groups in total. The van der Waals surface area contributed by atoms with E-state index in [0.717, 1.165) is 6.26 Å². The third-order valence-corrected chi connectivity index (χ3v) is 2.11. The summed E-state index contributed by atoms with van der Waals surface area (Å²) in [6.45, 7) is 3.33. The molecule has 1 aromatic heterocycles. The molecule has 0 bridgehead atoms. The van der Waals surface area contributed by atoms with Crippen molar-refractivity contribution < 1.29 is 28.3 Å². The van der Waals surface area contributed by atoms with Gasteiger partial charge in [-0.3, -0.25) is 14.4 Å². The first kappa shape index (κ1) is 14.0. The average Bonchev–Trinajstić information content (AvgIpc) is 2.83. The highest BCUT2D eigenvalue weighted by Gasteiger charge is 2.37. The molecule has 0 aliphatic carbocycles. The largest absolute Gasteiger partial charge is 0.472 e. The molecular weight excluding hydrogens is 240 g/mol. The summed E-state index contributed by atoms with van der Waals surface area (Å²) < 4.78 is 14.1. The number of ether oxygens (including phenoxy) is 2. The molecule has 0 radical (unpaired) electrons. The Balaban J connectivity index is 2.93. The van der Waals surface area contributed by atoms with E-state index in [9.17, 15) is 14.4 Å². The van der Waals surface area contributed by atoms with Gasteiger partial charge >= 0.3 is 11.9 Å². The predicted octanol–water partition coefficient (Wildman–Crippen LogP) is 1.20. The van der Waals surface area contributed by atoms with E-state index in [2.05, 4.69) is 0 Å². The van der Waals surface area contributed by atoms with Crippen LogP contribution in [0.1, 0.15) is 24.2 Å². The van der Waals surface area contributed by atoms with Gasteiger partial charge in [0.2, 0.25) is 5.92 Å². The number of esters is 2. The Labute approximate surface area is 104 Å². The lowest BCUT2D eigenvalue weighted by molar-refractivity contribution is -0.158. The van der Waals surface area contributed by atoms with Crippen molar-refractivity contribution in [3.05, 3.63) is 24.2 Å². The summed E-state index contributed by atoms with van der Waals surface area (Å²) in [6, 6.07) is 1.37. The maximum absolute atomic E-state index is 12.0. The molecule has 0 saturated heterocycles. The highest BCUT2D eigenvalue weighted by Crippen LogP contribution is 2.13. The number of carbonyl (C=O) groups excluding carboxylic acids is 3. The Hall–Kier alpha value is -2.11. The SMILES string of the molecule is CCOC(=O)C(C(=O)OCC)C(=O)c1ccoc1. The molecule has 0 saturated carbocycles. The molecule has 0 amide bonds. The maximum Gasteiger partial charge on any atom is 0.328 e. The second-order valence-electron chi connectivity index (χ2n) is 3.31. The zero-order valence-electron chi connectivity index (χ0n) is 10.2. The van der Waals surface area contributed by atoms with Gasteiger partial charge in [-0.2, -0.15) is 0 Å². The van der Waals surface area contributed by atoms with Gasteiger partial charge < -0.3 is 13.9 Å². The van der Waals surface area contributed by atoms with Gasteiger partial charge in [0, 0.05) is 0 Å². The van der Waals surface area contributed by atoms with E-state index in [-0.39, 0.29) is 18.8 Å². The number of hydrogen-bond donors (Lipinski definition) is 0. The van der Waals surface area contributed by atoms with Gasteiger partial charge in [0.15, 0.2) is 5.78 Å². The van der Waals surface area contributed by atoms with Crippen molar-refractivity contribution >= 4 is 17.7 Å². The minimum atomic E-state index is -1.59. The Bertz CT molecular complexity index is 402. The van der Waals surface area contributed by atoms with Crippen LogP contribution >= 0.6 is 0 Å². The van der Waals surface area contributed by atoms with Crippen molar-refractivity contribution in [2.75, 3.05) is 13.2 Å². The minimum absolute atomic E-state index is 0.0768. The van der Waals surface area contributed by atoms with Gasteiger partial charge in [-0.25, -0.2) is 0 Å². The van der Waals surface area contributed by atoms with Gasteiger partial charge in [-0.05, 0) is 19.9 Å². The van der Waals surface area contributed by atoms with Crippen molar-refractivity contribution in [2.45, 2.75) is 13.8 Å². The van der Waals surface area contributed by atoms with Crippen LogP contribution in [0.4, 0.5) is 0 Å². The third-order valence-electron chi connectivity index (χ3n) is 2.11. The molecule has 6 heteroatoms. The lowest BCUT2D eigenvalue weighted by Gasteiger charge is -2.12. The predicted molar refractivity (Wildman–Crippen MR) is 59.8 cm³/mol. The first-order valence-corrected chi connectivity index (χ1v) is 5.51. The first-order chi connectivity index (χ1) is 8.61. The monoisotopic (exact) mass is 254 g/mol. The fourth-order valence-electron chi connectivity index (χ4n) is 1.33. The quantitative estimate of drug-likeness (QED) is 0.431. The van der Waals surface area contributed by atoms with Crippen molar-refractivity contribution in [1.29, 1.82) is 0 Å². The van der Waals surface area contributed by atoms with Crippen LogP contribution in [0.2, 0.25) is 0 Å². The second kappa shape index (κ2) is 6.58. The Morgan fingerprint density at radius 1 is 1.17 bits per heavy atom. The summed E-state index contributed by atoms with van der Waals surface area (Å²) in [5, 5.41) is 0. The standard InChI is InChI=1S/C12H14O6/c1-3-17-11(14)9(12(15)18-4-2)10(13)8-5-6-16-7-8/h5-7,9H,3-4H2,1-2H3. The number of ketones is 1. The molecule has 0 unspecified atom stereocenters.